The summed E-state index contributed by atoms with van der Waals surface area (Å²) in [6, 6.07) is 0. The molecule has 0 spiro atoms. The fraction of sp³-hybridized carbons (Fsp3) is 0.200. The van der Waals surface area contributed by atoms with Crippen LogP contribution in [0.1, 0.15) is 6.92 Å². The molecule has 0 atom stereocenters. The van der Waals surface area contributed by atoms with Gasteiger partial charge in [-0.3, -0.25) is 0 Å². The first-order valence-electron chi connectivity index (χ1n) is 5.37. The number of nitrogens with one attached hydrogen (secondary N) is 1. The van der Waals surface area contributed by atoms with Crippen LogP contribution >= 0.6 is 0 Å². The van der Waals surface area contributed by atoms with E-state index in [1.807, 2.05) is 43.4 Å². The molecule has 0 rings (SSSR count). The smallest absolute Gasteiger partial charge is 0.0208 e. The lowest BCUT2D eigenvalue weighted by Crippen LogP contribution is -2.18. The van der Waals surface area contributed by atoms with Crippen LogP contribution in [0.15, 0.2) is 73.4 Å². The molecule has 0 aliphatic carbocycles. The van der Waals surface area contributed by atoms with E-state index in [2.05, 4.69) is 25.1 Å². The van der Waals surface area contributed by atoms with Crippen molar-refractivity contribution in [1.82, 2.24) is 5.32 Å². The summed E-state index contributed by atoms with van der Waals surface area (Å²) in [7, 11) is 0. The summed E-state index contributed by atoms with van der Waals surface area (Å²) in [4.78, 5) is 0. The first-order valence-corrected chi connectivity index (χ1v) is 5.37. The summed E-state index contributed by atoms with van der Waals surface area (Å²) in [6.07, 6.45) is 13.5. The third-order valence-corrected chi connectivity index (χ3v) is 2.02. The van der Waals surface area contributed by atoms with Crippen LogP contribution < -0.4 is 5.32 Å². The van der Waals surface area contributed by atoms with Crippen molar-refractivity contribution in [2.45, 2.75) is 6.92 Å². The summed E-state index contributed by atoms with van der Waals surface area (Å²) in [5.74, 6) is 0. The largest absolute Gasteiger partial charge is 0.309 e. The molecule has 0 saturated heterocycles. The number of hydrogen-bond acceptors (Lipinski definition) is 1. The first kappa shape index (κ1) is 14.4. The van der Waals surface area contributed by atoms with Gasteiger partial charge in [0.05, 0.1) is 0 Å². The predicted molar refractivity (Wildman–Crippen MR) is 74.4 cm³/mol. The molecule has 0 radical (unpaired) electrons. The van der Waals surface area contributed by atoms with Gasteiger partial charge in [-0.2, -0.15) is 0 Å². The second kappa shape index (κ2) is 9.94. The van der Waals surface area contributed by atoms with Crippen LogP contribution in [0, 0.1) is 0 Å². The van der Waals surface area contributed by atoms with Crippen LogP contribution in [-0.2, 0) is 0 Å². The van der Waals surface area contributed by atoms with Gasteiger partial charge in [-0.15, -0.1) is 0 Å². The maximum Gasteiger partial charge on any atom is 0.0208 e. The molecule has 0 aliphatic heterocycles. The molecule has 0 aromatic heterocycles. The van der Waals surface area contributed by atoms with Crippen LogP contribution in [0.5, 0.6) is 0 Å². The summed E-state index contributed by atoms with van der Waals surface area (Å²) in [6.45, 7) is 14.8. The van der Waals surface area contributed by atoms with Crippen LogP contribution in [0.4, 0.5) is 0 Å². The summed E-state index contributed by atoms with van der Waals surface area (Å²) in [5, 5.41) is 3.32. The average Bonchev–Trinajstić information content (AvgIpc) is 2.32. The van der Waals surface area contributed by atoms with E-state index in [1.165, 1.54) is 5.57 Å². The van der Waals surface area contributed by atoms with Gasteiger partial charge in [0.1, 0.15) is 0 Å². The highest BCUT2D eigenvalue weighted by Crippen LogP contribution is 1.97. The molecular weight excluding hydrogens is 194 g/mol. The number of rotatable bonds is 8. The lowest BCUT2D eigenvalue weighted by molar-refractivity contribution is 0.809. The Kier molecular flexibility index (Phi) is 8.94. The molecular formula is C15H21N. The highest BCUT2D eigenvalue weighted by molar-refractivity contribution is 5.25. The first-order chi connectivity index (χ1) is 7.78. The second-order valence-corrected chi connectivity index (χ2v) is 3.26. The van der Waals surface area contributed by atoms with Gasteiger partial charge in [0.15, 0.2) is 0 Å². The molecule has 0 aliphatic rings. The average molecular weight is 215 g/mol. The van der Waals surface area contributed by atoms with Gasteiger partial charge >= 0.3 is 0 Å². The highest BCUT2D eigenvalue weighted by atomic mass is 14.8. The molecule has 0 saturated carbocycles. The van der Waals surface area contributed by atoms with Crippen LogP contribution in [0.2, 0.25) is 0 Å². The molecule has 0 aromatic carbocycles. The number of hydrogen-bond donors (Lipinski definition) is 1. The third kappa shape index (κ3) is 6.80. The fourth-order valence-electron chi connectivity index (χ4n) is 1.12. The zero-order valence-corrected chi connectivity index (χ0v) is 10.1. The van der Waals surface area contributed by atoms with Gasteiger partial charge in [0.2, 0.25) is 0 Å². The summed E-state index contributed by atoms with van der Waals surface area (Å²) in [5.41, 5.74) is 2.30. The highest BCUT2D eigenvalue weighted by Gasteiger charge is 1.92. The summed E-state index contributed by atoms with van der Waals surface area (Å²) >= 11 is 0. The Morgan fingerprint density at radius 1 is 1.00 bits per heavy atom. The van der Waals surface area contributed by atoms with Gasteiger partial charge in [0, 0.05) is 13.1 Å². The Morgan fingerprint density at radius 3 is 2.00 bits per heavy atom. The van der Waals surface area contributed by atoms with Crippen LogP contribution in [0.25, 0.3) is 0 Å². The van der Waals surface area contributed by atoms with Crippen molar-refractivity contribution >= 4 is 0 Å². The molecule has 0 unspecified atom stereocenters. The van der Waals surface area contributed by atoms with E-state index in [0.29, 0.717) is 0 Å². The molecule has 86 valence electrons. The monoisotopic (exact) mass is 215 g/mol. The normalized spacial score (nSPS) is 12.8. The quantitative estimate of drug-likeness (QED) is 0.610. The second-order valence-electron chi connectivity index (χ2n) is 3.26. The molecule has 1 N–H and O–H groups in total. The zero-order valence-electron chi connectivity index (χ0n) is 10.1. The van der Waals surface area contributed by atoms with Crippen molar-refractivity contribution in [3.63, 3.8) is 0 Å². The third-order valence-electron chi connectivity index (χ3n) is 2.02. The molecule has 0 amide bonds. The molecule has 0 fully saturated rings. The van der Waals surface area contributed by atoms with E-state index < -0.39 is 0 Å². The maximum absolute atomic E-state index is 3.78. The van der Waals surface area contributed by atoms with E-state index in [9.17, 15) is 0 Å². The van der Waals surface area contributed by atoms with Gasteiger partial charge < -0.3 is 5.32 Å². The van der Waals surface area contributed by atoms with Crippen LogP contribution in [-0.4, -0.2) is 13.1 Å². The zero-order chi connectivity index (χ0) is 12.2. The van der Waals surface area contributed by atoms with E-state index in [4.69, 9.17) is 0 Å². The van der Waals surface area contributed by atoms with E-state index in [-0.39, 0.29) is 0 Å². The van der Waals surface area contributed by atoms with E-state index in [1.54, 1.807) is 6.08 Å². The predicted octanol–water partition coefficient (Wildman–Crippen LogP) is 3.56. The van der Waals surface area contributed by atoms with Crippen molar-refractivity contribution in [1.29, 1.82) is 0 Å². The minimum atomic E-state index is 0.788. The SMILES string of the molecule is C=C/C=C(\C=C)CNC/C(C=C)=C/C=C\C. The van der Waals surface area contributed by atoms with Crippen LogP contribution in [0.3, 0.4) is 0 Å². The Hall–Kier alpha value is -1.60. The molecule has 16 heavy (non-hydrogen) atoms. The van der Waals surface area contributed by atoms with Crippen molar-refractivity contribution in [3.8, 4) is 0 Å². The topological polar surface area (TPSA) is 12.0 Å². The fourth-order valence-corrected chi connectivity index (χ4v) is 1.12. The molecule has 0 aromatic rings. The molecule has 0 bridgehead atoms. The Bertz CT molecular complexity index is 316. The lowest BCUT2D eigenvalue weighted by Gasteiger charge is -2.05. The van der Waals surface area contributed by atoms with E-state index in [0.717, 1.165) is 18.7 Å². The van der Waals surface area contributed by atoms with Crippen molar-refractivity contribution in [2.75, 3.05) is 13.1 Å². The van der Waals surface area contributed by atoms with Crippen molar-refractivity contribution in [2.24, 2.45) is 0 Å². The minimum absolute atomic E-state index is 0.788. The molecule has 0 heterocycles. The van der Waals surface area contributed by atoms with Gasteiger partial charge in [-0.05, 0) is 18.1 Å². The maximum atomic E-state index is 3.78. The van der Waals surface area contributed by atoms with E-state index >= 15 is 0 Å². The Balaban J connectivity index is 4.13. The summed E-state index contributed by atoms with van der Waals surface area (Å²) < 4.78 is 0. The van der Waals surface area contributed by atoms with Crippen molar-refractivity contribution in [3.05, 3.63) is 73.4 Å². The number of allylic oxidation sites excluding steroid dienone is 5. The standard InChI is InChI=1S/C15H21N/c1-5-9-11-15(8-4)13-16-12-14(7-3)10-6-2/h5-11,16H,2-4,12-13H2,1H3/b9-5-,14-10+,15-11+. The molecule has 1 nitrogen and oxygen atoms in total. The van der Waals surface area contributed by atoms with Crippen molar-refractivity contribution < 1.29 is 0 Å². The molecule has 1 heteroatoms. The van der Waals surface area contributed by atoms with Gasteiger partial charge in [-0.1, -0.05) is 62.3 Å². The van der Waals surface area contributed by atoms with Gasteiger partial charge in [-0.25, -0.2) is 0 Å². The Labute approximate surface area is 99.3 Å². The Morgan fingerprint density at radius 2 is 1.56 bits per heavy atom. The minimum Gasteiger partial charge on any atom is -0.309 e. The lowest BCUT2D eigenvalue weighted by atomic mass is 10.2. The van der Waals surface area contributed by atoms with Gasteiger partial charge in [0.25, 0.3) is 0 Å².